The maximum absolute atomic E-state index is 13.9. The largest absolute Gasteiger partial charge is 0.433 e. The number of halogens is 10. The Morgan fingerprint density at radius 2 is 1.09 bits per heavy atom. The highest BCUT2D eigenvalue weighted by Crippen LogP contribution is 2.59. The smallest absolute Gasteiger partial charge is 0.357 e. The summed E-state index contributed by atoms with van der Waals surface area (Å²) in [6, 6.07) is -5.70. The first-order valence-corrected chi connectivity index (χ1v) is 6.36. The monoisotopic (exact) mass is 365 g/mol. The molecular weight excluding hydrogens is 352 g/mol. The Hall–Kier alpha value is -0.780. The van der Waals surface area contributed by atoms with Crippen molar-refractivity contribution in [3.63, 3.8) is 0 Å². The molecule has 0 aromatic rings. The molecule has 0 amide bonds. The average molecular weight is 365 g/mol. The molecule has 1 aliphatic rings. The quantitative estimate of drug-likeness (QED) is 0.547. The molecule has 0 N–H and O–H groups in total. The number of ether oxygens (including phenoxy) is 1. The molecule has 1 fully saturated rings. The van der Waals surface area contributed by atoms with Crippen LogP contribution in [0.4, 0.5) is 43.9 Å². The highest BCUT2D eigenvalue weighted by Gasteiger charge is 2.90. The van der Waals surface area contributed by atoms with E-state index in [-0.39, 0.29) is 24.9 Å². The van der Waals surface area contributed by atoms with Gasteiger partial charge in [-0.3, -0.25) is 0 Å². The van der Waals surface area contributed by atoms with Crippen LogP contribution in [0, 0.1) is 0 Å². The summed E-state index contributed by atoms with van der Waals surface area (Å²) < 4.78 is 135. The predicted molar refractivity (Wildman–Crippen MR) is 57.2 cm³/mol. The minimum absolute atomic E-state index is 0.0519. The summed E-state index contributed by atoms with van der Waals surface area (Å²) in [5, 5.41) is 0. The summed E-state index contributed by atoms with van der Waals surface area (Å²) in [5.41, 5.74) is -6.33. The summed E-state index contributed by atoms with van der Waals surface area (Å²) in [5.74, 6) is -6.59. The van der Waals surface area contributed by atoms with Crippen LogP contribution in [0.3, 0.4) is 0 Å². The second-order valence-electron chi connectivity index (χ2n) is 5.04. The first kappa shape index (κ1) is 20.3. The molecule has 0 atom stereocenters. The van der Waals surface area contributed by atoms with Crippen molar-refractivity contribution in [1.29, 1.82) is 0 Å². The molecule has 0 saturated carbocycles. The van der Waals surface area contributed by atoms with Crippen LogP contribution >= 0.6 is 0 Å². The van der Waals surface area contributed by atoms with E-state index in [2.05, 4.69) is 4.74 Å². The van der Waals surface area contributed by atoms with Crippen molar-refractivity contribution < 1.29 is 48.6 Å². The van der Waals surface area contributed by atoms with Crippen LogP contribution in [-0.4, -0.2) is 55.0 Å². The zero-order chi connectivity index (χ0) is 18.3. The van der Waals surface area contributed by atoms with Crippen molar-refractivity contribution in [1.82, 2.24) is 4.90 Å². The molecule has 0 aromatic heterocycles. The van der Waals surface area contributed by atoms with Crippen molar-refractivity contribution >= 4 is 0 Å². The van der Waals surface area contributed by atoms with Crippen molar-refractivity contribution in [2.45, 2.75) is 49.2 Å². The van der Waals surface area contributed by atoms with Gasteiger partial charge in [0.1, 0.15) is 0 Å². The van der Waals surface area contributed by atoms with E-state index in [1.165, 1.54) is 0 Å². The Morgan fingerprint density at radius 3 is 1.39 bits per heavy atom. The van der Waals surface area contributed by atoms with Crippen LogP contribution in [0.5, 0.6) is 0 Å². The Labute approximate surface area is 124 Å². The lowest BCUT2D eigenvalue weighted by molar-refractivity contribution is -0.468. The maximum atomic E-state index is 13.9. The fourth-order valence-electron chi connectivity index (χ4n) is 2.46. The second-order valence-corrected chi connectivity index (χ2v) is 5.04. The van der Waals surface area contributed by atoms with E-state index in [0.29, 0.717) is 6.42 Å². The summed E-state index contributed by atoms with van der Waals surface area (Å²) >= 11 is 0. The molecule has 138 valence electrons. The van der Waals surface area contributed by atoms with Gasteiger partial charge in [-0.15, -0.1) is 0 Å². The summed E-state index contributed by atoms with van der Waals surface area (Å²) in [4.78, 5) is -0.373. The standard InChI is InChI=1S/C11H13F10NO/c1-23-7(9(14,15)16,10(17,18)19)8(12,13)11(20,21)22-5-3-2-4-6-22/h2-6H2,1H3. The number of piperidine rings is 1. The van der Waals surface area contributed by atoms with Gasteiger partial charge in [0.05, 0.1) is 0 Å². The van der Waals surface area contributed by atoms with Crippen LogP contribution < -0.4 is 0 Å². The maximum Gasteiger partial charge on any atom is 0.433 e. The average Bonchev–Trinajstić information content (AvgIpc) is 2.37. The Morgan fingerprint density at radius 1 is 0.696 bits per heavy atom. The van der Waals surface area contributed by atoms with Crippen LogP contribution in [0.15, 0.2) is 0 Å². The first-order valence-electron chi connectivity index (χ1n) is 6.36. The highest BCUT2D eigenvalue weighted by molar-refractivity contribution is 5.11. The fourth-order valence-corrected chi connectivity index (χ4v) is 2.46. The molecule has 2 nitrogen and oxygen atoms in total. The third kappa shape index (κ3) is 2.87. The Kier molecular flexibility index (Phi) is 5.23. The number of methoxy groups -OCH3 is 1. The second kappa shape index (κ2) is 5.94. The molecular formula is C11H13F10NO. The molecule has 0 spiro atoms. The number of rotatable bonds is 4. The van der Waals surface area contributed by atoms with Crippen LogP contribution in [-0.2, 0) is 4.74 Å². The van der Waals surface area contributed by atoms with Gasteiger partial charge in [0.25, 0.3) is 0 Å². The molecule has 0 radical (unpaired) electrons. The van der Waals surface area contributed by atoms with Gasteiger partial charge < -0.3 is 4.74 Å². The van der Waals surface area contributed by atoms with Crippen LogP contribution in [0.25, 0.3) is 0 Å². The van der Waals surface area contributed by atoms with Gasteiger partial charge in [0.2, 0.25) is 0 Å². The zero-order valence-electron chi connectivity index (χ0n) is 11.7. The number of hydrogen-bond donors (Lipinski definition) is 0. The topological polar surface area (TPSA) is 12.5 Å². The molecule has 1 saturated heterocycles. The van der Waals surface area contributed by atoms with Crippen molar-refractivity contribution in [3.8, 4) is 0 Å². The van der Waals surface area contributed by atoms with E-state index >= 15 is 0 Å². The third-order valence-corrected chi connectivity index (χ3v) is 3.68. The fraction of sp³-hybridized carbons (Fsp3) is 1.00. The summed E-state index contributed by atoms with van der Waals surface area (Å²) in [6.07, 6.45) is -13.4. The lowest BCUT2D eigenvalue weighted by Gasteiger charge is -2.47. The van der Waals surface area contributed by atoms with Gasteiger partial charge in [-0.2, -0.15) is 43.9 Å². The molecule has 12 heteroatoms. The van der Waals surface area contributed by atoms with E-state index in [9.17, 15) is 43.9 Å². The van der Waals surface area contributed by atoms with Gasteiger partial charge in [0, 0.05) is 20.2 Å². The zero-order valence-corrected chi connectivity index (χ0v) is 11.7. The van der Waals surface area contributed by atoms with Gasteiger partial charge in [0.15, 0.2) is 0 Å². The van der Waals surface area contributed by atoms with E-state index in [1.54, 1.807) is 0 Å². The minimum Gasteiger partial charge on any atom is -0.357 e. The molecule has 23 heavy (non-hydrogen) atoms. The van der Waals surface area contributed by atoms with Gasteiger partial charge in [-0.1, -0.05) is 6.42 Å². The number of likely N-dealkylation sites (tertiary alicyclic amines) is 1. The molecule has 1 rings (SSSR count). The Bertz CT molecular complexity index is 396. The molecule has 1 aliphatic heterocycles. The predicted octanol–water partition coefficient (Wildman–Crippen LogP) is 4.21. The van der Waals surface area contributed by atoms with Crippen LogP contribution in [0.2, 0.25) is 0 Å². The molecule has 0 bridgehead atoms. The van der Waals surface area contributed by atoms with E-state index in [1.807, 2.05) is 0 Å². The summed E-state index contributed by atoms with van der Waals surface area (Å²) in [6.45, 7) is -1.50. The molecule has 0 aromatic carbocycles. The summed E-state index contributed by atoms with van der Waals surface area (Å²) in [7, 11) is -0.332. The van der Waals surface area contributed by atoms with E-state index in [4.69, 9.17) is 0 Å². The van der Waals surface area contributed by atoms with Gasteiger partial charge in [-0.25, -0.2) is 4.90 Å². The lowest BCUT2D eigenvalue weighted by atomic mass is 9.90. The first-order chi connectivity index (χ1) is 10.2. The van der Waals surface area contributed by atoms with Crippen molar-refractivity contribution in [3.05, 3.63) is 0 Å². The van der Waals surface area contributed by atoms with Gasteiger partial charge >= 0.3 is 29.9 Å². The van der Waals surface area contributed by atoms with Gasteiger partial charge in [-0.05, 0) is 12.8 Å². The van der Waals surface area contributed by atoms with E-state index < -0.39 is 43.0 Å². The minimum atomic E-state index is -6.82. The molecule has 0 unspecified atom stereocenters. The van der Waals surface area contributed by atoms with Crippen LogP contribution in [0.1, 0.15) is 19.3 Å². The number of nitrogens with zero attached hydrogens (tertiary/aromatic N) is 1. The SMILES string of the molecule is COC(C(F)(F)F)(C(F)(F)F)C(F)(F)C(F)(F)N1CCCCC1. The van der Waals surface area contributed by atoms with E-state index in [0.717, 1.165) is 0 Å². The lowest BCUT2D eigenvalue weighted by Crippen LogP contribution is -2.76. The van der Waals surface area contributed by atoms with Crippen molar-refractivity contribution in [2.75, 3.05) is 20.2 Å². The third-order valence-electron chi connectivity index (χ3n) is 3.68. The van der Waals surface area contributed by atoms with Crippen molar-refractivity contribution in [2.24, 2.45) is 0 Å². The number of alkyl halides is 10. The number of hydrogen-bond acceptors (Lipinski definition) is 2. The highest BCUT2D eigenvalue weighted by atomic mass is 19.4. The molecule has 1 heterocycles. The molecule has 0 aliphatic carbocycles. The Balaban J connectivity index is 3.49. The normalized spacial score (nSPS) is 20.0.